The van der Waals surface area contributed by atoms with E-state index < -0.39 is 17.7 Å². The van der Waals surface area contributed by atoms with Gasteiger partial charge in [0.05, 0.1) is 30.4 Å². The van der Waals surface area contributed by atoms with Crippen molar-refractivity contribution in [2.45, 2.75) is 19.4 Å². The van der Waals surface area contributed by atoms with Crippen LogP contribution >= 0.6 is 11.6 Å². The van der Waals surface area contributed by atoms with Crippen LogP contribution in [-0.2, 0) is 16.0 Å². The molecule has 0 bridgehead atoms. The maximum atomic E-state index is 13.4. The van der Waals surface area contributed by atoms with Crippen molar-refractivity contribution in [3.8, 4) is 11.5 Å². The molecule has 0 radical (unpaired) electrons. The third-order valence-electron chi connectivity index (χ3n) is 6.57. The first kappa shape index (κ1) is 27.1. The number of nitrogens with zero attached hydrogens (tertiary/aromatic N) is 2. The normalized spacial score (nSPS) is 16.6. The van der Waals surface area contributed by atoms with E-state index in [1.54, 1.807) is 25.3 Å². The van der Waals surface area contributed by atoms with E-state index in [0.29, 0.717) is 35.9 Å². The van der Waals surface area contributed by atoms with E-state index in [1.807, 2.05) is 74.4 Å². The highest BCUT2D eigenvalue weighted by Crippen LogP contribution is 2.41. The number of rotatable bonds is 9. The van der Waals surface area contributed by atoms with Gasteiger partial charge in [0.2, 0.25) is 0 Å². The second-order valence-corrected chi connectivity index (χ2v) is 9.56. The van der Waals surface area contributed by atoms with Crippen molar-refractivity contribution in [3.05, 3.63) is 94.0 Å². The van der Waals surface area contributed by atoms with Gasteiger partial charge in [0.25, 0.3) is 11.7 Å². The smallest absolute Gasteiger partial charge is 0.295 e. The number of hydrogen-bond donors (Lipinski definition) is 1. The van der Waals surface area contributed by atoms with Gasteiger partial charge in [-0.2, -0.15) is 0 Å². The number of carbonyl (C=O) groups excluding carboxylic acids is 2. The van der Waals surface area contributed by atoms with Gasteiger partial charge in [-0.15, -0.1) is 0 Å². The number of methoxy groups -OCH3 is 1. The minimum Gasteiger partial charge on any atom is -0.507 e. The van der Waals surface area contributed by atoms with E-state index >= 15 is 0 Å². The molecule has 3 aromatic carbocycles. The number of ketones is 1. The molecule has 38 heavy (non-hydrogen) atoms. The summed E-state index contributed by atoms with van der Waals surface area (Å²) >= 11 is 6.23. The highest BCUT2D eigenvalue weighted by atomic mass is 35.5. The van der Waals surface area contributed by atoms with Crippen molar-refractivity contribution in [2.24, 2.45) is 0 Å². The summed E-state index contributed by atoms with van der Waals surface area (Å²) in [6.07, 6.45) is 0.527. The minimum atomic E-state index is -0.754. The maximum absolute atomic E-state index is 13.4. The summed E-state index contributed by atoms with van der Waals surface area (Å²) in [5, 5.41) is 11.8. The highest BCUT2D eigenvalue weighted by Gasteiger charge is 2.45. The lowest BCUT2D eigenvalue weighted by molar-refractivity contribution is -0.139. The first-order chi connectivity index (χ1) is 18.2. The molecule has 1 aliphatic rings. The van der Waals surface area contributed by atoms with E-state index in [0.717, 1.165) is 22.6 Å². The molecule has 4 rings (SSSR count). The second kappa shape index (κ2) is 11.6. The predicted octanol–water partition coefficient (Wildman–Crippen LogP) is 5.48. The number of anilines is 1. The van der Waals surface area contributed by atoms with Crippen LogP contribution in [-0.4, -0.2) is 56.1 Å². The summed E-state index contributed by atoms with van der Waals surface area (Å²) in [6.45, 7) is 2.51. The molecular formula is C30H31ClN2O5. The number of hydrogen-bond acceptors (Lipinski definition) is 6. The largest absolute Gasteiger partial charge is 0.507 e. The maximum Gasteiger partial charge on any atom is 0.295 e. The Morgan fingerprint density at radius 2 is 1.71 bits per heavy atom. The Kier molecular flexibility index (Phi) is 8.27. The lowest BCUT2D eigenvalue weighted by atomic mass is 9.95. The van der Waals surface area contributed by atoms with Gasteiger partial charge >= 0.3 is 0 Å². The van der Waals surface area contributed by atoms with Crippen molar-refractivity contribution >= 4 is 34.7 Å². The van der Waals surface area contributed by atoms with Crippen molar-refractivity contribution in [2.75, 3.05) is 39.3 Å². The van der Waals surface area contributed by atoms with Gasteiger partial charge in [0, 0.05) is 31.9 Å². The monoisotopic (exact) mass is 534 g/mol. The number of Topliss-reactive ketones (excluding diaryl/α,β-unsaturated/α-hetero) is 1. The van der Waals surface area contributed by atoms with Gasteiger partial charge in [0.1, 0.15) is 17.3 Å². The van der Waals surface area contributed by atoms with Crippen LogP contribution in [0.25, 0.3) is 5.76 Å². The van der Waals surface area contributed by atoms with E-state index in [-0.39, 0.29) is 11.3 Å². The van der Waals surface area contributed by atoms with Crippen molar-refractivity contribution in [1.82, 2.24) is 4.90 Å². The fourth-order valence-corrected chi connectivity index (χ4v) is 4.70. The van der Waals surface area contributed by atoms with Gasteiger partial charge in [-0.1, -0.05) is 35.9 Å². The van der Waals surface area contributed by atoms with Crippen molar-refractivity contribution < 1.29 is 24.2 Å². The summed E-state index contributed by atoms with van der Waals surface area (Å²) < 4.78 is 10.8. The van der Waals surface area contributed by atoms with E-state index in [4.69, 9.17) is 21.1 Å². The number of aliphatic hydroxyl groups excluding tert-OH is 1. The summed E-state index contributed by atoms with van der Waals surface area (Å²) in [4.78, 5) is 30.2. The average Bonchev–Trinajstić information content (AvgIpc) is 3.18. The first-order valence-corrected chi connectivity index (χ1v) is 12.7. The highest BCUT2D eigenvalue weighted by molar-refractivity contribution is 6.46. The zero-order valence-electron chi connectivity index (χ0n) is 21.9. The van der Waals surface area contributed by atoms with E-state index in [9.17, 15) is 14.7 Å². The van der Waals surface area contributed by atoms with Crippen LogP contribution in [0.1, 0.15) is 29.7 Å². The summed E-state index contributed by atoms with van der Waals surface area (Å²) in [5.74, 6) is -0.523. The molecule has 0 aromatic heterocycles. The van der Waals surface area contributed by atoms with E-state index in [2.05, 4.69) is 0 Å². The Labute approximate surface area is 227 Å². The average molecular weight is 535 g/mol. The lowest BCUT2D eigenvalue weighted by Crippen LogP contribution is -2.31. The Morgan fingerprint density at radius 3 is 2.32 bits per heavy atom. The fourth-order valence-electron chi connectivity index (χ4n) is 4.53. The molecule has 198 valence electrons. The van der Waals surface area contributed by atoms with Crippen LogP contribution < -0.4 is 14.4 Å². The molecule has 1 unspecified atom stereocenters. The predicted molar refractivity (Wildman–Crippen MR) is 149 cm³/mol. The molecule has 0 saturated carbocycles. The molecule has 1 saturated heterocycles. The Morgan fingerprint density at radius 1 is 1.03 bits per heavy atom. The molecular weight excluding hydrogens is 504 g/mol. The molecule has 1 amide bonds. The summed E-state index contributed by atoms with van der Waals surface area (Å²) in [5.41, 5.74) is 3.08. The lowest BCUT2D eigenvalue weighted by Gasteiger charge is -2.26. The van der Waals surface area contributed by atoms with Crippen LogP contribution in [0.5, 0.6) is 11.5 Å². The van der Waals surface area contributed by atoms with Crippen LogP contribution in [0, 0.1) is 0 Å². The first-order valence-electron chi connectivity index (χ1n) is 12.4. The SMILES string of the molecule is CCOc1cc(/C(O)=C2/C(=O)C(=O)N(CCc3ccc(OC)cc3)C2c2ccc(N(C)C)cc2)ccc1Cl. The molecule has 3 aromatic rings. The number of likely N-dealkylation sites (tertiary alicyclic amines) is 1. The van der Waals surface area contributed by atoms with Crippen molar-refractivity contribution in [1.29, 1.82) is 0 Å². The molecule has 7 nitrogen and oxygen atoms in total. The van der Waals surface area contributed by atoms with Crippen LogP contribution in [0.15, 0.2) is 72.3 Å². The van der Waals surface area contributed by atoms with Gasteiger partial charge < -0.3 is 24.4 Å². The zero-order chi connectivity index (χ0) is 27.4. The standard InChI is InChI=1S/C30H31ClN2O5/c1-5-38-25-18-21(10-15-24(25)31)28(34)26-27(20-8-11-22(12-9-20)32(2)3)33(30(36)29(26)35)17-16-19-6-13-23(37-4)14-7-19/h6-15,18,27,34H,5,16-17H2,1-4H3/b28-26-. The van der Waals surface area contributed by atoms with Gasteiger partial charge in [-0.3, -0.25) is 9.59 Å². The van der Waals surface area contributed by atoms with Crippen LogP contribution in [0.4, 0.5) is 5.69 Å². The molecule has 0 spiro atoms. The Hall–Kier alpha value is -3.97. The minimum absolute atomic E-state index is 0.0344. The summed E-state index contributed by atoms with van der Waals surface area (Å²) in [6, 6.07) is 19.2. The molecule has 8 heteroatoms. The van der Waals surface area contributed by atoms with Crippen molar-refractivity contribution in [3.63, 3.8) is 0 Å². The zero-order valence-corrected chi connectivity index (χ0v) is 22.7. The topological polar surface area (TPSA) is 79.3 Å². The third kappa shape index (κ3) is 5.48. The molecule has 1 aliphatic heterocycles. The molecule has 1 atom stereocenters. The summed E-state index contributed by atoms with van der Waals surface area (Å²) in [7, 11) is 5.48. The van der Waals surface area contributed by atoms with Gasteiger partial charge in [-0.25, -0.2) is 0 Å². The molecule has 1 heterocycles. The quantitative estimate of drug-likeness (QED) is 0.222. The fraction of sp³-hybridized carbons (Fsp3) is 0.267. The molecule has 1 fully saturated rings. The number of aliphatic hydroxyl groups is 1. The number of carbonyl (C=O) groups is 2. The number of halogens is 1. The number of ether oxygens (including phenoxy) is 2. The van der Waals surface area contributed by atoms with Gasteiger partial charge in [0.15, 0.2) is 0 Å². The Balaban J connectivity index is 1.77. The van der Waals surface area contributed by atoms with Crippen LogP contribution in [0.2, 0.25) is 5.02 Å². The van der Waals surface area contributed by atoms with E-state index in [1.165, 1.54) is 4.90 Å². The Bertz CT molecular complexity index is 1350. The van der Waals surface area contributed by atoms with Crippen LogP contribution in [0.3, 0.4) is 0 Å². The molecule has 0 aliphatic carbocycles. The number of amides is 1. The molecule has 1 N–H and O–H groups in total. The second-order valence-electron chi connectivity index (χ2n) is 9.15. The number of benzene rings is 3. The van der Waals surface area contributed by atoms with Gasteiger partial charge in [-0.05, 0) is 66.9 Å². The third-order valence-corrected chi connectivity index (χ3v) is 6.88.